The van der Waals surface area contributed by atoms with E-state index in [4.69, 9.17) is 49.6 Å². The third-order valence-corrected chi connectivity index (χ3v) is 15.7. The third-order valence-electron chi connectivity index (χ3n) is 7.75. The summed E-state index contributed by atoms with van der Waals surface area (Å²) in [5, 5.41) is 0. The third kappa shape index (κ3) is 20.6. The van der Waals surface area contributed by atoms with Crippen molar-refractivity contribution in [2.24, 2.45) is 0 Å². The van der Waals surface area contributed by atoms with Crippen LogP contribution in [-0.2, 0) is 49.6 Å². The van der Waals surface area contributed by atoms with E-state index in [1.807, 2.05) is 0 Å². The predicted octanol–water partition coefficient (Wildman–Crippen LogP) is 9.48. The van der Waals surface area contributed by atoms with Gasteiger partial charge in [0.25, 0.3) is 0 Å². The van der Waals surface area contributed by atoms with Gasteiger partial charge in [0.15, 0.2) is 79.1 Å². The predicted molar refractivity (Wildman–Crippen MR) is 246 cm³/mol. The quantitative estimate of drug-likeness (QED) is 0.109. The first-order valence-electron chi connectivity index (χ1n) is 20.5. The highest BCUT2D eigenvalue weighted by Gasteiger charge is 2.57. The molecule has 11 nitrogen and oxygen atoms in total. The van der Waals surface area contributed by atoms with E-state index in [9.17, 15) is 0 Å². The lowest BCUT2D eigenvalue weighted by atomic mass is 9.97. The van der Waals surface area contributed by atoms with Crippen LogP contribution >= 0.6 is 0 Å². The maximum atomic E-state index is 7.46. The lowest BCUT2D eigenvalue weighted by Gasteiger charge is -2.54. The van der Waals surface area contributed by atoms with Crippen LogP contribution in [0.3, 0.4) is 0 Å². The first-order chi connectivity index (χ1) is 24.2. The monoisotopic (exact) mass is 918 g/mol. The number of hydrogen-bond donors (Lipinski definition) is 0. The van der Waals surface area contributed by atoms with E-state index in [2.05, 4.69) is 157 Å². The van der Waals surface area contributed by atoms with Gasteiger partial charge < -0.3 is 49.6 Å². The summed E-state index contributed by atoms with van der Waals surface area (Å²) in [6.45, 7) is 53.5. The smallest absolute Gasteiger partial charge is 0.187 e. The second-order valence-corrected chi connectivity index (χ2v) is 59.0. The molecule has 10 atom stereocenters. The normalized spacial score (nSPS) is 31.2. The zero-order valence-corrected chi connectivity index (χ0v) is 47.7. The molecule has 2 aliphatic rings. The summed E-state index contributed by atoms with van der Waals surface area (Å²) in [5.41, 5.74) is 0. The fourth-order valence-corrected chi connectivity index (χ4v) is 13.9. The number of rotatable bonds is 20. The van der Waals surface area contributed by atoms with Crippen LogP contribution in [0.15, 0.2) is 0 Å². The Morgan fingerprint density at radius 1 is 0.291 bits per heavy atom. The molecule has 2 saturated heterocycles. The van der Waals surface area contributed by atoms with Crippen LogP contribution in [0.4, 0.5) is 0 Å². The summed E-state index contributed by atoms with van der Waals surface area (Å²) in [7, 11) is -17.0. The van der Waals surface area contributed by atoms with E-state index < -0.39 is 128 Å². The molecule has 0 bridgehead atoms. The van der Waals surface area contributed by atoms with Crippen molar-refractivity contribution < 1.29 is 49.6 Å². The van der Waals surface area contributed by atoms with Crippen LogP contribution in [0.5, 0.6) is 0 Å². The molecular formula is C36H86O11Si8. The van der Waals surface area contributed by atoms with E-state index in [1.165, 1.54) is 0 Å². The minimum atomic E-state index is -2.23. The molecule has 0 aliphatic carbocycles. The molecule has 0 aromatic heterocycles. The molecule has 0 spiro atoms. The van der Waals surface area contributed by atoms with Crippen LogP contribution in [0, 0.1) is 0 Å². The Labute approximate surface area is 346 Å². The van der Waals surface area contributed by atoms with Crippen molar-refractivity contribution in [3.8, 4) is 0 Å². The molecule has 0 amide bonds. The van der Waals surface area contributed by atoms with Crippen LogP contribution in [0.1, 0.15) is 0 Å². The molecule has 2 rings (SSSR count). The minimum absolute atomic E-state index is 0.321. The average molecular weight is 920 g/mol. The second kappa shape index (κ2) is 19.1. The van der Waals surface area contributed by atoms with Gasteiger partial charge in [0.05, 0.1) is 13.2 Å². The first-order valence-corrected chi connectivity index (χ1v) is 47.8. The Morgan fingerprint density at radius 2 is 0.564 bits per heavy atom. The Morgan fingerprint density at radius 3 is 0.909 bits per heavy atom. The topological polar surface area (TPSA) is 102 Å². The van der Waals surface area contributed by atoms with Crippen molar-refractivity contribution in [1.29, 1.82) is 0 Å². The summed E-state index contributed by atoms with van der Waals surface area (Å²) in [6.07, 6.45) is -5.61. The van der Waals surface area contributed by atoms with Gasteiger partial charge in [-0.15, -0.1) is 0 Å². The average Bonchev–Trinajstić information content (AvgIpc) is 2.88. The molecule has 2 heterocycles. The zero-order valence-electron chi connectivity index (χ0n) is 39.7. The summed E-state index contributed by atoms with van der Waals surface area (Å²) in [5.74, 6) is 0. The largest absolute Gasteiger partial charge is 0.415 e. The van der Waals surface area contributed by atoms with E-state index in [0.29, 0.717) is 13.2 Å². The summed E-state index contributed by atoms with van der Waals surface area (Å²) in [4.78, 5) is 0. The Bertz CT molecular complexity index is 1180. The van der Waals surface area contributed by atoms with Gasteiger partial charge in [-0.2, -0.15) is 0 Å². The van der Waals surface area contributed by atoms with Crippen LogP contribution in [0.25, 0.3) is 0 Å². The Hall–Kier alpha value is 1.30. The lowest BCUT2D eigenvalue weighted by molar-refractivity contribution is -0.344. The highest BCUT2D eigenvalue weighted by Crippen LogP contribution is 2.39. The SMILES string of the molecule is C[Si](C)(C)OC[C@@H]1O[C@H](O[Si](C)(C)C)[C@@H](O[Si](C)(C)C)[C@H](O[Si](C)(C)C)C1O[C@H]1O[C@@H](CO[Si](C)(C)C)[C@H](O[Si](C)(C)C)[C@@H](O[Si](C)(C)C)[C@@H]1O[Si](C)(C)C. The van der Waals surface area contributed by atoms with Crippen LogP contribution in [-0.4, -0.2) is 141 Å². The van der Waals surface area contributed by atoms with Crippen LogP contribution in [0.2, 0.25) is 157 Å². The number of hydrogen-bond acceptors (Lipinski definition) is 11. The molecule has 0 aromatic carbocycles. The van der Waals surface area contributed by atoms with Crippen molar-refractivity contribution in [1.82, 2.24) is 0 Å². The van der Waals surface area contributed by atoms with Gasteiger partial charge >= 0.3 is 0 Å². The van der Waals surface area contributed by atoms with E-state index >= 15 is 0 Å². The first kappa shape index (κ1) is 52.4. The zero-order chi connectivity index (χ0) is 43.0. The molecule has 2 fully saturated rings. The van der Waals surface area contributed by atoms with Gasteiger partial charge in [0.1, 0.15) is 48.8 Å². The maximum absolute atomic E-state index is 7.46. The Balaban J connectivity index is 2.93. The minimum Gasteiger partial charge on any atom is -0.415 e. The molecule has 19 heteroatoms. The highest BCUT2D eigenvalue weighted by molar-refractivity contribution is 6.72. The Kier molecular flexibility index (Phi) is 18.2. The van der Waals surface area contributed by atoms with Crippen molar-refractivity contribution in [3.63, 3.8) is 0 Å². The van der Waals surface area contributed by atoms with Gasteiger partial charge in [-0.3, -0.25) is 0 Å². The molecular weight excluding hydrogens is 833 g/mol. The van der Waals surface area contributed by atoms with Gasteiger partial charge in [0, 0.05) is 0 Å². The molecule has 0 radical (unpaired) electrons. The molecule has 55 heavy (non-hydrogen) atoms. The van der Waals surface area contributed by atoms with Crippen molar-refractivity contribution in [2.45, 2.75) is 219 Å². The molecule has 0 N–H and O–H groups in total. The van der Waals surface area contributed by atoms with Gasteiger partial charge in [0.2, 0.25) is 0 Å². The van der Waals surface area contributed by atoms with E-state index in [1.54, 1.807) is 0 Å². The van der Waals surface area contributed by atoms with Crippen molar-refractivity contribution in [2.75, 3.05) is 13.2 Å². The summed E-state index contributed by atoms with van der Waals surface area (Å²) < 4.78 is 77.4. The molecule has 1 unspecified atom stereocenters. The van der Waals surface area contributed by atoms with Crippen LogP contribution < -0.4 is 0 Å². The van der Waals surface area contributed by atoms with E-state index in [0.717, 1.165) is 0 Å². The van der Waals surface area contributed by atoms with Gasteiger partial charge in [-0.1, -0.05) is 0 Å². The van der Waals surface area contributed by atoms with Crippen molar-refractivity contribution in [3.05, 3.63) is 0 Å². The molecule has 2 aliphatic heterocycles. The second-order valence-electron chi connectivity index (χ2n) is 23.2. The fraction of sp³-hybridized carbons (Fsp3) is 1.00. The molecule has 328 valence electrons. The summed E-state index contributed by atoms with van der Waals surface area (Å²) in [6, 6.07) is 0. The maximum Gasteiger partial charge on any atom is 0.187 e. The lowest BCUT2D eigenvalue weighted by Crippen LogP contribution is -2.70. The van der Waals surface area contributed by atoms with E-state index in [-0.39, 0.29) is 0 Å². The fourth-order valence-electron chi connectivity index (χ4n) is 6.26. The summed E-state index contributed by atoms with van der Waals surface area (Å²) >= 11 is 0. The standard InChI is InChI=1S/C36H86O11Si8/c1-48(2,3)37-25-27-29(31(43-51(10,11)12)34(46-54(19,20)21)36(40-27)47-55(22,23)24)41-35-33(45-53(16,17)18)32(44-52(13,14)15)30(42-50(7,8)9)28(39-35)26-38-49(4,5)6/h27-36H,25-26H2,1-24H3/t27-,28-,29?,30-,31+,32+,33-,34-,35+,36+/m0/s1. The molecule has 0 aromatic rings. The van der Waals surface area contributed by atoms with Gasteiger partial charge in [-0.05, 0) is 157 Å². The van der Waals surface area contributed by atoms with Gasteiger partial charge in [-0.25, -0.2) is 0 Å². The highest BCUT2D eigenvalue weighted by atomic mass is 28.4. The number of ether oxygens (including phenoxy) is 3. The van der Waals surface area contributed by atoms with Crippen molar-refractivity contribution >= 4 is 66.5 Å². The molecule has 0 saturated carbocycles.